The van der Waals surface area contributed by atoms with Crippen LogP contribution in [-0.4, -0.2) is 34.8 Å². The lowest BCUT2D eigenvalue weighted by molar-refractivity contribution is -0.0690. The standard InChI is InChI=1S/C13H21N3O3/c1-8-15-10(12(17)18-4)11(14)16(8)9-5-6-19-13(2,3)7-9/h9H,5-7,14H2,1-4H3. The number of rotatable bonds is 2. The van der Waals surface area contributed by atoms with E-state index in [4.69, 9.17) is 15.2 Å². The van der Waals surface area contributed by atoms with Gasteiger partial charge in [0.25, 0.3) is 0 Å². The highest BCUT2D eigenvalue weighted by Crippen LogP contribution is 2.35. The number of hydrogen-bond donors (Lipinski definition) is 1. The lowest BCUT2D eigenvalue weighted by Gasteiger charge is -2.36. The summed E-state index contributed by atoms with van der Waals surface area (Å²) in [5.74, 6) is 0.623. The minimum absolute atomic E-state index is 0.183. The van der Waals surface area contributed by atoms with E-state index in [-0.39, 0.29) is 17.3 Å². The number of carbonyl (C=O) groups excluding carboxylic acids is 1. The summed E-state index contributed by atoms with van der Waals surface area (Å²) in [7, 11) is 1.33. The van der Waals surface area contributed by atoms with Crippen molar-refractivity contribution in [1.82, 2.24) is 9.55 Å². The van der Waals surface area contributed by atoms with Crippen LogP contribution in [0.25, 0.3) is 0 Å². The van der Waals surface area contributed by atoms with Gasteiger partial charge in [-0.25, -0.2) is 9.78 Å². The first-order valence-electron chi connectivity index (χ1n) is 6.42. The van der Waals surface area contributed by atoms with E-state index in [1.54, 1.807) is 0 Å². The molecule has 1 atom stereocenters. The van der Waals surface area contributed by atoms with Crippen molar-refractivity contribution in [1.29, 1.82) is 0 Å². The number of aromatic nitrogens is 2. The van der Waals surface area contributed by atoms with E-state index in [1.165, 1.54) is 7.11 Å². The number of esters is 1. The van der Waals surface area contributed by atoms with Crippen molar-refractivity contribution in [3.05, 3.63) is 11.5 Å². The fourth-order valence-electron chi connectivity index (χ4n) is 2.69. The molecule has 6 nitrogen and oxygen atoms in total. The molecule has 0 radical (unpaired) electrons. The molecule has 1 aliphatic heterocycles. The molecule has 2 heterocycles. The molecule has 1 aromatic rings. The minimum atomic E-state index is -0.495. The third kappa shape index (κ3) is 2.58. The van der Waals surface area contributed by atoms with Crippen LogP contribution >= 0.6 is 0 Å². The molecule has 6 heteroatoms. The van der Waals surface area contributed by atoms with Crippen LogP contribution in [0, 0.1) is 6.92 Å². The highest BCUT2D eigenvalue weighted by Gasteiger charge is 2.32. The minimum Gasteiger partial charge on any atom is -0.464 e. The average Bonchev–Trinajstić information content (AvgIpc) is 2.62. The zero-order valence-corrected chi connectivity index (χ0v) is 11.9. The summed E-state index contributed by atoms with van der Waals surface area (Å²) < 4.78 is 12.3. The molecule has 0 aliphatic carbocycles. The van der Waals surface area contributed by atoms with Crippen molar-refractivity contribution < 1.29 is 14.3 Å². The first-order chi connectivity index (χ1) is 8.85. The molecule has 0 aromatic carbocycles. The van der Waals surface area contributed by atoms with E-state index in [0.29, 0.717) is 12.4 Å². The van der Waals surface area contributed by atoms with Gasteiger partial charge in [0, 0.05) is 12.6 Å². The van der Waals surface area contributed by atoms with Gasteiger partial charge in [-0.05, 0) is 33.6 Å². The van der Waals surface area contributed by atoms with Gasteiger partial charge in [-0.2, -0.15) is 0 Å². The van der Waals surface area contributed by atoms with Gasteiger partial charge in [0.1, 0.15) is 11.6 Å². The summed E-state index contributed by atoms with van der Waals surface area (Å²) >= 11 is 0. The number of nitrogens with zero attached hydrogens (tertiary/aromatic N) is 2. The molecule has 19 heavy (non-hydrogen) atoms. The third-order valence-electron chi connectivity index (χ3n) is 3.54. The molecule has 0 saturated carbocycles. The molecule has 1 unspecified atom stereocenters. The lowest BCUT2D eigenvalue weighted by Crippen LogP contribution is -2.35. The number of anilines is 1. The van der Waals surface area contributed by atoms with Crippen molar-refractivity contribution in [3.8, 4) is 0 Å². The second-order valence-electron chi connectivity index (χ2n) is 5.51. The molecule has 1 saturated heterocycles. The van der Waals surface area contributed by atoms with Crippen LogP contribution in [0.4, 0.5) is 5.82 Å². The predicted octanol–water partition coefficient (Wildman–Crippen LogP) is 1.69. The molecule has 0 spiro atoms. The smallest absolute Gasteiger partial charge is 0.360 e. The topological polar surface area (TPSA) is 79.4 Å². The van der Waals surface area contributed by atoms with Gasteiger partial charge in [-0.1, -0.05) is 0 Å². The number of carbonyl (C=O) groups is 1. The summed E-state index contributed by atoms with van der Waals surface area (Å²) in [6, 6.07) is 0.203. The van der Waals surface area contributed by atoms with E-state index in [2.05, 4.69) is 18.8 Å². The quantitative estimate of drug-likeness (QED) is 0.825. The Hall–Kier alpha value is -1.56. The summed E-state index contributed by atoms with van der Waals surface area (Å²) in [5, 5.41) is 0. The maximum atomic E-state index is 11.6. The summed E-state index contributed by atoms with van der Waals surface area (Å²) in [6.07, 6.45) is 1.71. The Balaban J connectivity index is 2.35. The van der Waals surface area contributed by atoms with Crippen molar-refractivity contribution >= 4 is 11.8 Å². The zero-order chi connectivity index (χ0) is 14.2. The van der Waals surface area contributed by atoms with E-state index in [0.717, 1.165) is 18.7 Å². The van der Waals surface area contributed by atoms with E-state index < -0.39 is 5.97 Å². The molecule has 1 aromatic heterocycles. The van der Waals surface area contributed by atoms with Crippen molar-refractivity contribution in [2.45, 2.75) is 45.3 Å². The summed E-state index contributed by atoms with van der Waals surface area (Å²) in [5.41, 5.74) is 6.07. The Bertz CT molecular complexity index is 494. The van der Waals surface area contributed by atoms with Crippen molar-refractivity contribution in [2.24, 2.45) is 0 Å². The van der Waals surface area contributed by atoms with Crippen LogP contribution in [0.15, 0.2) is 0 Å². The van der Waals surface area contributed by atoms with Crippen molar-refractivity contribution in [2.75, 3.05) is 19.5 Å². The maximum absolute atomic E-state index is 11.6. The maximum Gasteiger partial charge on any atom is 0.360 e. The van der Waals surface area contributed by atoms with Gasteiger partial charge in [0.15, 0.2) is 5.69 Å². The Kier molecular flexibility index (Phi) is 3.54. The molecule has 2 N–H and O–H groups in total. The number of methoxy groups -OCH3 is 1. The van der Waals surface area contributed by atoms with Gasteiger partial charge in [-0.15, -0.1) is 0 Å². The summed E-state index contributed by atoms with van der Waals surface area (Å²) in [6.45, 7) is 6.65. The van der Waals surface area contributed by atoms with Crippen LogP contribution in [-0.2, 0) is 9.47 Å². The molecule has 2 rings (SSSR count). The second kappa shape index (κ2) is 4.85. The van der Waals surface area contributed by atoms with Crippen LogP contribution in [0.1, 0.15) is 49.0 Å². The molecule has 1 fully saturated rings. The largest absolute Gasteiger partial charge is 0.464 e. The number of nitrogens with two attached hydrogens (primary N) is 1. The Labute approximate surface area is 112 Å². The molecular weight excluding hydrogens is 246 g/mol. The Morgan fingerprint density at radius 2 is 2.26 bits per heavy atom. The van der Waals surface area contributed by atoms with E-state index in [9.17, 15) is 4.79 Å². The predicted molar refractivity (Wildman–Crippen MR) is 71.0 cm³/mol. The lowest BCUT2D eigenvalue weighted by atomic mass is 9.93. The van der Waals surface area contributed by atoms with E-state index >= 15 is 0 Å². The van der Waals surface area contributed by atoms with Crippen LogP contribution in [0.3, 0.4) is 0 Å². The first kappa shape index (κ1) is 13.9. The average molecular weight is 267 g/mol. The molecule has 0 bridgehead atoms. The highest BCUT2D eigenvalue weighted by molar-refractivity contribution is 5.92. The molecule has 1 aliphatic rings. The second-order valence-corrected chi connectivity index (χ2v) is 5.51. The number of nitrogen functional groups attached to an aromatic ring is 1. The number of ether oxygens (including phenoxy) is 2. The zero-order valence-electron chi connectivity index (χ0n) is 11.9. The highest BCUT2D eigenvalue weighted by atomic mass is 16.5. The fourth-order valence-corrected chi connectivity index (χ4v) is 2.69. The SMILES string of the molecule is COC(=O)c1nc(C)n(C2CCOC(C)(C)C2)c1N. The molecule has 106 valence electrons. The normalized spacial score (nSPS) is 22.2. The first-order valence-corrected chi connectivity index (χ1v) is 6.42. The number of aryl methyl sites for hydroxylation is 1. The summed E-state index contributed by atoms with van der Waals surface area (Å²) in [4.78, 5) is 15.8. The van der Waals surface area contributed by atoms with Gasteiger partial charge in [-0.3, -0.25) is 0 Å². The Morgan fingerprint density at radius 1 is 1.58 bits per heavy atom. The van der Waals surface area contributed by atoms with Crippen LogP contribution < -0.4 is 5.73 Å². The van der Waals surface area contributed by atoms with Crippen LogP contribution in [0.2, 0.25) is 0 Å². The Morgan fingerprint density at radius 3 is 2.84 bits per heavy atom. The molecular formula is C13H21N3O3. The van der Waals surface area contributed by atoms with Crippen LogP contribution in [0.5, 0.6) is 0 Å². The number of hydrogen-bond acceptors (Lipinski definition) is 5. The van der Waals surface area contributed by atoms with Gasteiger partial charge < -0.3 is 19.8 Å². The monoisotopic (exact) mass is 267 g/mol. The molecule has 0 amide bonds. The van der Waals surface area contributed by atoms with Crippen molar-refractivity contribution in [3.63, 3.8) is 0 Å². The number of imidazole rings is 1. The fraction of sp³-hybridized carbons (Fsp3) is 0.692. The third-order valence-corrected chi connectivity index (χ3v) is 3.54. The van der Waals surface area contributed by atoms with Gasteiger partial charge in [0.05, 0.1) is 12.7 Å². The van der Waals surface area contributed by atoms with Gasteiger partial charge >= 0.3 is 5.97 Å². The van der Waals surface area contributed by atoms with E-state index in [1.807, 2.05) is 11.5 Å². The van der Waals surface area contributed by atoms with Gasteiger partial charge in [0.2, 0.25) is 0 Å².